The molecule has 0 amide bonds. The summed E-state index contributed by atoms with van der Waals surface area (Å²) in [5.74, 6) is 2.45. The van der Waals surface area contributed by atoms with Gasteiger partial charge in [-0.3, -0.25) is 0 Å². The number of methoxy groups -OCH3 is 2. The van der Waals surface area contributed by atoms with Crippen LogP contribution >= 0.6 is 0 Å². The number of aryl methyl sites for hydroxylation is 1. The third kappa shape index (κ3) is 2.16. The normalized spacial score (nSPS) is 42.0. The van der Waals surface area contributed by atoms with Crippen LogP contribution in [-0.4, -0.2) is 31.5 Å². The SMILES string of the molecule is COC1CC2C3CCc4cc(O)ccc4C3CCC2(C)C1OC. The molecule has 0 radical (unpaired) electrons. The van der Waals surface area contributed by atoms with Gasteiger partial charge in [-0.2, -0.15) is 0 Å². The average Bonchev–Trinajstić information content (AvgIpc) is 2.85. The van der Waals surface area contributed by atoms with E-state index >= 15 is 0 Å². The Kier molecular flexibility index (Phi) is 3.69. The first-order valence-corrected chi connectivity index (χ1v) is 8.96. The van der Waals surface area contributed by atoms with Crippen molar-refractivity contribution in [1.29, 1.82) is 0 Å². The summed E-state index contributed by atoms with van der Waals surface area (Å²) in [5.41, 5.74) is 3.08. The molecule has 0 bridgehead atoms. The minimum Gasteiger partial charge on any atom is -0.508 e. The van der Waals surface area contributed by atoms with Crippen molar-refractivity contribution in [1.82, 2.24) is 0 Å². The maximum atomic E-state index is 9.78. The zero-order valence-electron chi connectivity index (χ0n) is 14.4. The number of hydrogen-bond donors (Lipinski definition) is 1. The van der Waals surface area contributed by atoms with Crippen molar-refractivity contribution < 1.29 is 14.6 Å². The Bertz CT molecular complexity index is 599. The number of aromatic hydroxyl groups is 1. The lowest BCUT2D eigenvalue weighted by atomic mass is 9.55. The first-order chi connectivity index (χ1) is 11.1. The number of ether oxygens (including phenoxy) is 2. The van der Waals surface area contributed by atoms with Crippen LogP contribution in [0.3, 0.4) is 0 Å². The summed E-state index contributed by atoms with van der Waals surface area (Å²) in [6.45, 7) is 2.42. The predicted molar refractivity (Wildman–Crippen MR) is 89.7 cm³/mol. The zero-order valence-corrected chi connectivity index (χ0v) is 14.4. The molecule has 126 valence electrons. The highest BCUT2D eigenvalue weighted by atomic mass is 16.5. The second-order valence-corrected chi connectivity index (χ2v) is 8.01. The smallest absolute Gasteiger partial charge is 0.115 e. The van der Waals surface area contributed by atoms with Crippen LogP contribution in [-0.2, 0) is 15.9 Å². The molecule has 2 fully saturated rings. The fourth-order valence-corrected chi connectivity index (χ4v) is 6.15. The lowest BCUT2D eigenvalue weighted by Gasteiger charge is -2.50. The fourth-order valence-electron chi connectivity index (χ4n) is 6.15. The lowest BCUT2D eigenvalue weighted by molar-refractivity contribution is -0.0832. The van der Waals surface area contributed by atoms with Crippen molar-refractivity contribution in [2.24, 2.45) is 17.3 Å². The van der Waals surface area contributed by atoms with Gasteiger partial charge >= 0.3 is 0 Å². The molecule has 0 spiro atoms. The monoisotopic (exact) mass is 316 g/mol. The summed E-state index contributed by atoms with van der Waals surface area (Å²) in [6.07, 6.45) is 6.33. The molecule has 0 heterocycles. The Morgan fingerprint density at radius 3 is 2.74 bits per heavy atom. The maximum absolute atomic E-state index is 9.78. The predicted octanol–water partition coefficient (Wildman–Crippen LogP) is 3.89. The Hall–Kier alpha value is -1.06. The number of phenols is 1. The third-order valence-corrected chi connectivity index (χ3v) is 7.18. The Morgan fingerprint density at radius 1 is 1.17 bits per heavy atom. The quantitative estimate of drug-likeness (QED) is 0.899. The van der Waals surface area contributed by atoms with Gasteiger partial charge in [-0.25, -0.2) is 0 Å². The van der Waals surface area contributed by atoms with E-state index in [9.17, 15) is 5.11 Å². The van der Waals surface area contributed by atoms with Crippen LogP contribution in [0.1, 0.15) is 49.7 Å². The number of rotatable bonds is 2. The highest BCUT2D eigenvalue weighted by Gasteiger charge is 2.58. The molecular weight excluding hydrogens is 288 g/mol. The zero-order chi connectivity index (χ0) is 16.2. The number of fused-ring (bicyclic) bond motifs is 5. The topological polar surface area (TPSA) is 38.7 Å². The van der Waals surface area contributed by atoms with E-state index < -0.39 is 0 Å². The molecule has 0 aromatic heterocycles. The van der Waals surface area contributed by atoms with Gasteiger partial charge in [-0.05, 0) is 78.5 Å². The van der Waals surface area contributed by atoms with Gasteiger partial charge < -0.3 is 14.6 Å². The summed E-state index contributed by atoms with van der Waals surface area (Å²) < 4.78 is 11.7. The van der Waals surface area contributed by atoms with Crippen molar-refractivity contribution in [3.8, 4) is 5.75 Å². The Labute approximate surface area is 139 Å². The van der Waals surface area contributed by atoms with Crippen molar-refractivity contribution in [3.63, 3.8) is 0 Å². The van der Waals surface area contributed by atoms with Gasteiger partial charge in [-0.1, -0.05) is 13.0 Å². The molecule has 23 heavy (non-hydrogen) atoms. The van der Waals surface area contributed by atoms with Gasteiger partial charge in [-0.15, -0.1) is 0 Å². The fraction of sp³-hybridized carbons (Fsp3) is 0.700. The highest BCUT2D eigenvalue weighted by Crippen LogP contribution is 2.61. The second kappa shape index (κ2) is 5.49. The van der Waals surface area contributed by atoms with Crippen LogP contribution in [0.2, 0.25) is 0 Å². The van der Waals surface area contributed by atoms with Gasteiger partial charge in [0.1, 0.15) is 5.75 Å². The minimum absolute atomic E-state index is 0.222. The molecule has 1 aromatic rings. The van der Waals surface area contributed by atoms with Crippen LogP contribution in [0.5, 0.6) is 5.75 Å². The van der Waals surface area contributed by atoms with E-state index in [1.807, 2.05) is 26.4 Å². The first kappa shape index (κ1) is 15.5. The van der Waals surface area contributed by atoms with Crippen LogP contribution in [0.4, 0.5) is 0 Å². The van der Waals surface area contributed by atoms with Gasteiger partial charge in [0.2, 0.25) is 0 Å². The van der Waals surface area contributed by atoms with Crippen LogP contribution in [0, 0.1) is 17.3 Å². The molecule has 1 N–H and O–H groups in total. The van der Waals surface area contributed by atoms with Crippen LogP contribution in [0.15, 0.2) is 18.2 Å². The van der Waals surface area contributed by atoms with E-state index in [2.05, 4.69) is 13.0 Å². The second-order valence-electron chi connectivity index (χ2n) is 8.01. The van der Waals surface area contributed by atoms with E-state index in [4.69, 9.17) is 9.47 Å². The number of hydrogen-bond acceptors (Lipinski definition) is 3. The van der Waals surface area contributed by atoms with Gasteiger partial charge in [0.15, 0.2) is 0 Å². The maximum Gasteiger partial charge on any atom is 0.115 e. The van der Waals surface area contributed by atoms with E-state index in [1.165, 1.54) is 30.4 Å². The molecular formula is C20H28O3. The molecule has 0 saturated heterocycles. The molecule has 6 atom stereocenters. The summed E-state index contributed by atoms with van der Waals surface area (Å²) in [5, 5.41) is 9.78. The molecule has 0 aliphatic heterocycles. The summed E-state index contributed by atoms with van der Waals surface area (Å²) in [7, 11) is 3.67. The molecule has 3 aliphatic rings. The van der Waals surface area contributed by atoms with E-state index in [0.29, 0.717) is 17.6 Å². The number of phenolic OH excluding ortho intramolecular Hbond substituents is 1. The van der Waals surface area contributed by atoms with E-state index in [1.54, 1.807) is 0 Å². The standard InChI is InChI=1S/C20H28O3/c1-20-9-8-15-14-7-5-13(21)10-12(14)4-6-16(15)17(20)11-18(22-2)19(20)23-3/h5,7,10,15-19,21H,4,6,8-9,11H2,1-3H3. The van der Waals surface area contributed by atoms with Crippen molar-refractivity contribution in [2.45, 2.75) is 57.2 Å². The largest absolute Gasteiger partial charge is 0.508 e. The summed E-state index contributed by atoms with van der Waals surface area (Å²) in [4.78, 5) is 0. The highest BCUT2D eigenvalue weighted by molar-refractivity contribution is 5.40. The number of benzene rings is 1. The van der Waals surface area contributed by atoms with Crippen molar-refractivity contribution in [3.05, 3.63) is 29.3 Å². The summed E-state index contributed by atoms with van der Waals surface area (Å²) >= 11 is 0. The molecule has 3 nitrogen and oxygen atoms in total. The van der Waals surface area contributed by atoms with E-state index in [0.717, 1.165) is 18.8 Å². The summed E-state index contributed by atoms with van der Waals surface area (Å²) in [6, 6.07) is 6.00. The van der Waals surface area contributed by atoms with Crippen molar-refractivity contribution in [2.75, 3.05) is 14.2 Å². The third-order valence-electron chi connectivity index (χ3n) is 7.18. The molecule has 3 heteroatoms. The van der Waals surface area contributed by atoms with Gasteiger partial charge in [0.05, 0.1) is 12.2 Å². The Morgan fingerprint density at radius 2 is 2.00 bits per heavy atom. The Balaban J connectivity index is 1.68. The lowest BCUT2D eigenvalue weighted by Crippen LogP contribution is -2.45. The van der Waals surface area contributed by atoms with Gasteiger partial charge in [0, 0.05) is 14.2 Å². The molecule has 6 unspecified atom stereocenters. The molecule has 2 saturated carbocycles. The van der Waals surface area contributed by atoms with Crippen molar-refractivity contribution >= 4 is 0 Å². The van der Waals surface area contributed by atoms with E-state index in [-0.39, 0.29) is 17.6 Å². The van der Waals surface area contributed by atoms with Gasteiger partial charge in [0.25, 0.3) is 0 Å². The molecule has 4 rings (SSSR count). The molecule has 3 aliphatic carbocycles. The van der Waals surface area contributed by atoms with Crippen LogP contribution in [0.25, 0.3) is 0 Å². The average molecular weight is 316 g/mol. The minimum atomic E-state index is 0.222. The molecule has 1 aromatic carbocycles. The first-order valence-electron chi connectivity index (χ1n) is 8.96. The van der Waals surface area contributed by atoms with Crippen LogP contribution < -0.4 is 0 Å².